The molecule has 0 aromatic heterocycles. The fourth-order valence-corrected chi connectivity index (χ4v) is 2.29. The molecule has 2 rings (SSSR count). The molecule has 0 saturated heterocycles. The molecule has 19 heavy (non-hydrogen) atoms. The van der Waals surface area contributed by atoms with Crippen LogP contribution < -0.4 is 5.32 Å². The van der Waals surface area contributed by atoms with Gasteiger partial charge in [-0.3, -0.25) is 0 Å². The van der Waals surface area contributed by atoms with Crippen molar-refractivity contribution in [2.75, 3.05) is 5.32 Å². The summed E-state index contributed by atoms with van der Waals surface area (Å²) in [5.74, 6) is 0. The molecule has 0 amide bonds. The highest BCUT2D eigenvalue weighted by Crippen LogP contribution is 2.25. The van der Waals surface area contributed by atoms with Crippen LogP contribution in [0.5, 0.6) is 0 Å². The van der Waals surface area contributed by atoms with Gasteiger partial charge in [0.2, 0.25) is 0 Å². The molecule has 0 aliphatic carbocycles. The average molecular weight is 336 g/mol. The first-order valence-electron chi connectivity index (χ1n) is 5.82. The molecule has 2 aromatic carbocycles. The van der Waals surface area contributed by atoms with Crippen molar-refractivity contribution >= 4 is 33.2 Å². The number of anilines is 1. The van der Waals surface area contributed by atoms with Crippen LogP contribution in [0.3, 0.4) is 0 Å². The predicted octanol–water partition coefficient (Wildman–Crippen LogP) is 5.15. The van der Waals surface area contributed by atoms with Gasteiger partial charge in [0.15, 0.2) is 0 Å². The van der Waals surface area contributed by atoms with Crippen molar-refractivity contribution in [3.63, 3.8) is 0 Å². The minimum Gasteiger partial charge on any atom is -0.377 e. The van der Waals surface area contributed by atoms with Gasteiger partial charge in [-0.25, -0.2) is 0 Å². The predicted molar refractivity (Wildman–Crippen MR) is 82.3 cm³/mol. The van der Waals surface area contributed by atoms with Crippen molar-refractivity contribution in [3.05, 3.63) is 63.1 Å². The van der Waals surface area contributed by atoms with E-state index in [1.54, 1.807) is 6.07 Å². The Labute approximate surface area is 126 Å². The Kier molecular flexibility index (Phi) is 4.47. The van der Waals surface area contributed by atoms with Crippen LogP contribution in [-0.2, 0) is 0 Å². The zero-order chi connectivity index (χ0) is 13.8. The second-order valence-electron chi connectivity index (χ2n) is 4.22. The Morgan fingerprint density at radius 2 is 1.89 bits per heavy atom. The van der Waals surface area contributed by atoms with E-state index in [4.69, 9.17) is 16.9 Å². The fraction of sp³-hybridized carbons (Fsp3) is 0.133. The van der Waals surface area contributed by atoms with Crippen LogP contribution in [0.25, 0.3) is 0 Å². The number of hydrogen-bond donors (Lipinski definition) is 1. The molecule has 0 heterocycles. The maximum Gasteiger partial charge on any atom is 0.101 e. The number of benzene rings is 2. The van der Waals surface area contributed by atoms with E-state index < -0.39 is 0 Å². The Hall–Kier alpha value is -1.50. The summed E-state index contributed by atoms with van der Waals surface area (Å²) in [7, 11) is 0. The zero-order valence-corrected chi connectivity index (χ0v) is 12.7. The summed E-state index contributed by atoms with van der Waals surface area (Å²) >= 11 is 9.24. The third kappa shape index (κ3) is 3.50. The van der Waals surface area contributed by atoms with Gasteiger partial charge in [-0.05, 0) is 42.8 Å². The van der Waals surface area contributed by atoms with Gasteiger partial charge in [0, 0.05) is 15.5 Å². The van der Waals surface area contributed by atoms with Crippen molar-refractivity contribution in [1.29, 1.82) is 5.26 Å². The van der Waals surface area contributed by atoms with Crippen molar-refractivity contribution in [3.8, 4) is 6.07 Å². The van der Waals surface area contributed by atoms with Crippen molar-refractivity contribution < 1.29 is 0 Å². The third-order valence-corrected chi connectivity index (χ3v) is 3.59. The number of nitriles is 1. The van der Waals surface area contributed by atoms with Crippen LogP contribution in [0, 0.1) is 11.3 Å². The molecule has 1 unspecified atom stereocenters. The summed E-state index contributed by atoms with van der Waals surface area (Å²) in [6, 6.07) is 15.6. The Morgan fingerprint density at radius 3 is 2.53 bits per heavy atom. The molecule has 0 radical (unpaired) electrons. The quantitative estimate of drug-likeness (QED) is 0.842. The Morgan fingerprint density at radius 1 is 1.21 bits per heavy atom. The SMILES string of the molecule is CC(Nc1ccc(Br)cc1C#N)c1ccc(Cl)cc1. The number of nitrogens with zero attached hydrogens (tertiary/aromatic N) is 1. The third-order valence-electron chi connectivity index (χ3n) is 2.84. The normalized spacial score (nSPS) is 11.7. The average Bonchev–Trinajstić information content (AvgIpc) is 2.41. The van der Waals surface area contributed by atoms with Crippen LogP contribution in [-0.4, -0.2) is 0 Å². The Balaban J connectivity index is 2.21. The minimum atomic E-state index is 0.102. The molecule has 0 aliphatic rings. The van der Waals surface area contributed by atoms with Crippen LogP contribution in [0.2, 0.25) is 5.02 Å². The first-order valence-corrected chi connectivity index (χ1v) is 6.99. The topological polar surface area (TPSA) is 35.8 Å². The fourth-order valence-electron chi connectivity index (χ4n) is 1.80. The van der Waals surface area contributed by atoms with E-state index in [-0.39, 0.29) is 6.04 Å². The van der Waals surface area contributed by atoms with Crippen LogP contribution in [0.1, 0.15) is 24.1 Å². The summed E-state index contributed by atoms with van der Waals surface area (Å²) in [5, 5.41) is 13.2. The molecule has 2 nitrogen and oxygen atoms in total. The highest BCUT2D eigenvalue weighted by molar-refractivity contribution is 9.10. The van der Waals surface area contributed by atoms with Crippen LogP contribution in [0.4, 0.5) is 5.69 Å². The molecule has 1 atom stereocenters. The summed E-state index contributed by atoms with van der Waals surface area (Å²) in [6.07, 6.45) is 0. The summed E-state index contributed by atoms with van der Waals surface area (Å²) < 4.78 is 0.897. The molecule has 0 fully saturated rings. The summed E-state index contributed by atoms with van der Waals surface area (Å²) in [4.78, 5) is 0. The molecule has 0 spiro atoms. The standard InChI is InChI=1S/C15H12BrClN2/c1-10(11-2-5-14(17)6-3-11)19-15-7-4-13(16)8-12(15)9-18/h2-8,10,19H,1H3. The molecular weight excluding hydrogens is 324 g/mol. The van der Waals surface area contributed by atoms with E-state index in [1.807, 2.05) is 43.3 Å². The highest BCUT2D eigenvalue weighted by Gasteiger charge is 2.08. The van der Waals surface area contributed by atoms with Gasteiger partial charge in [0.25, 0.3) is 0 Å². The molecule has 96 valence electrons. The van der Waals surface area contributed by atoms with E-state index in [0.29, 0.717) is 5.56 Å². The lowest BCUT2D eigenvalue weighted by Crippen LogP contribution is -2.07. The number of nitrogens with one attached hydrogen (secondary N) is 1. The molecular formula is C15H12BrClN2. The number of hydrogen-bond acceptors (Lipinski definition) is 2. The summed E-state index contributed by atoms with van der Waals surface area (Å²) in [6.45, 7) is 2.05. The molecule has 0 aliphatic heterocycles. The smallest absolute Gasteiger partial charge is 0.101 e. The second kappa shape index (κ2) is 6.10. The minimum absolute atomic E-state index is 0.102. The Bertz CT molecular complexity index is 617. The first-order chi connectivity index (χ1) is 9.10. The molecule has 2 aromatic rings. The van der Waals surface area contributed by atoms with Crippen molar-refractivity contribution in [2.24, 2.45) is 0 Å². The van der Waals surface area contributed by atoms with Gasteiger partial charge < -0.3 is 5.32 Å². The van der Waals surface area contributed by atoms with E-state index >= 15 is 0 Å². The van der Waals surface area contributed by atoms with Crippen LogP contribution in [0.15, 0.2) is 46.9 Å². The van der Waals surface area contributed by atoms with Gasteiger partial charge >= 0.3 is 0 Å². The molecule has 1 N–H and O–H groups in total. The molecule has 4 heteroatoms. The van der Waals surface area contributed by atoms with E-state index in [2.05, 4.69) is 27.3 Å². The van der Waals surface area contributed by atoms with Gasteiger partial charge in [-0.15, -0.1) is 0 Å². The zero-order valence-electron chi connectivity index (χ0n) is 10.3. The maximum absolute atomic E-state index is 9.13. The maximum atomic E-state index is 9.13. The molecule has 0 bridgehead atoms. The van der Waals surface area contributed by atoms with Crippen molar-refractivity contribution in [1.82, 2.24) is 0 Å². The van der Waals surface area contributed by atoms with Gasteiger partial charge in [0.05, 0.1) is 11.3 Å². The van der Waals surface area contributed by atoms with E-state index in [0.717, 1.165) is 20.7 Å². The highest BCUT2D eigenvalue weighted by atomic mass is 79.9. The lowest BCUT2D eigenvalue weighted by atomic mass is 10.1. The monoisotopic (exact) mass is 334 g/mol. The van der Waals surface area contributed by atoms with Crippen LogP contribution >= 0.6 is 27.5 Å². The van der Waals surface area contributed by atoms with Gasteiger partial charge in [-0.2, -0.15) is 5.26 Å². The van der Waals surface area contributed by atoms with E-state index in [1.165, 1.54) is 0 Å². The lowest BCUT2D eigenvalue weighted by Gasteiger charge is -2.17. The largest absolute Gasteiger partial charge is 0.377 e. The van der Waals surface area contributed by atoms with Gasteiger partial charge in [-0.1, -0.05) is 39.7 Å². The van der Waals surface area contributed by atoms with Gasteiger partial charge in [0.1, 0.15) is 6.07 Å². The second-order valence-corrected chi connectivity index (χ2v) is 5.57. The van der Waals surface area contributed by atoms with Crippen molar-refractivity contribution in [2.45, 2.75) is 13.0 Å². The first kappa shape index (κ1) is 13.9. The molecule has 0 saturated carbocycles. The van der Waals surface area contributed by atoms with E-state index in [9.17, 15) is 0 Å². The summed E-state index contributed by atoms with van der Waals surface area (Å²) in [5.41, 5.74) is 2.57. The number of rotatable bonds is 3. The number of halogens is 2. The lowest BCUT2D eigenvalue weighted by molar-refractivity contribution is 0.884.